The number of ether oxygens (including phenoxy) is 1. The van der Waals surface area contributed by atoms with Crippen LogP contribution in [0.4, 0.5) is 20.4 Å². The van der Waals surface area contributed by atoms with Gasteiger partial charge in [-0.2, -0.15) is 4.39 Å². The Bertz CT molecular complexity index is 1390. The first-order chi connectivity index (χ1) is 18.5. The molecule has 0 unspecified atom stereocenters. The summed E-state index contributed by atoms with van der Waals surface area (Å²) in [6, 6.07) is 7.53. The SMILES string of the molecule is CC(C)(C)CCCS(=O)(=O)Nc1ccc(Oc2ncccc2-c2ccnc(N[C@H]3CCCNC3)n2)c(F)c1F. The molecule has 0 radical (unpaired) electrons. The van der Waals surface area contributed by atoms with Crippen molar-refractivity contribution in [2.45, 2.75) is 52.5 Å². The quantitative estimate of drug-likeness (QED) is 0.304. The molecule has 4 rings (SSSR count). The molecule has 1 aliphatic rings. The summed E-state index contributed by atoms with van der Waals surface area (Å²) >= 11 is 0. The second-order valence-electron chi connectivity index (χ2n) is 10.7. The molecule has 0 aliphatic carbocycles. The van der Waals surface area contributed by atoms with Crippen molar-refractivity contribution in [3.63, 3.8) is 0 Å². The van der Waals surface area contributed by atoms with Gasteiger partial charge in [-0.3, -0.25) is 4.72 Å². The monoisotopic (exact) mass is 560 g/mol. The van der Waals surface area contributed by atoms with E-state index < -0.39 is 33.1 Å². The number of benzene rings is 1. The molecule has 3 N–H and O–H groups in total. The summed E-state index contributed by atoms with van der Waals surface area (Å²) in [4.78, 5) is 13.0. The Hall–Kier alpha value is -3.38. The third-order valence-electron chi connectivity index (χ3n) is 6.19. The summed E-state index contributed by atoms with van der Waals surface area (Å²) < 4.78 is 62.5. The fourth-order valence-electron chi connectivity index (χ4n) is 4.21. The molecule has 2 aromatic heterocycles. The van der Waals surface area contributed by atoms with Gasteiger partial charge in [-0.25, -0.2) is 27.8 Å². The van der Waals surface area contributed by atoms with Crippen molar-refractivity contribution in [3.05, 3.63) is 54.4 Å². The number of piperidine rings is 1. The van der Waals surface area contributed by atoms with Crippen LogP contribution in [-0.4, -0.2) is 48.3 Å². The lowest BCUT2D eigenvalue weighted by Crippen LogP contribution is -2.38. The van der Waals surface area contributed by atoms with Gasteiger partial charge < -0.3 is 15.4 Å². The zero-order valence-electron chi connectivity index (χ0n) is 22.3. The molecule has 0 saturated carbocycles. The zero-order chi connectivity index (χ0) is 28.0. The van der Waals surface area contributed by atoms with Gasteiger partial charge in [0.25, 0.3) is 0 Å². The number of aromatic nitrogens is 3. The van der Waals surface area contributed by atoms with Crippen LogP contribution in [0.1, 0.15) is 46.5 Å². The van der Waals surface area contributed by atoms with E-state index in [2.05, 4.69) is 30.3 Å². The lowest BCUT2D eigenvalue weighted by molar-refractivity contribution is 0.373. The van der Waals surface area contributed by atoms with Crippen LogP contribution in [0.5, 0.6) is 11.6 Å². The largest absolute Gasteiger partial charge is 0.435 e. The van der Waals surface area contributed by atoms with Crippen molar-refractivity contribution in [1.82, 2.24) is 20.3 Å². The van der Waals surface area contributed by atoms with Crippen LogP contribution in [-0.2, 0) is 10.0 Å². The molecule has 12 heteroatoms. The summed E-state index contributed by atoms with van der Waals surface area (Å²) in [6.45, 7) is 7.80. The van der Waals surface area contributed by atoms with E-state index in [1.807, 2.05) is 20.8 Å². The molecule has 3 heterocycles. The zero-order valence-corrected chi connectivity index (χ0v) is 23.1. The predicted octanol–water partition coefficient (Wildman–Crippen LogP) is 5.34. The maximum absolute atomic E-state index is 15.0. The fraction of sp³-hybridized carbons (Fsp3) is 0.444. The number of halogens is 2. The van der Waals surface area contributed by atoms with Crippen LogP contribution in [0.15, 0.2) is 42.7 Å². The number of hydrogen-bond donors (Lipinski definition) is 3. The molecule has 39 heavy (non-hydrogen) atoms. The second kappa shape index (κ2) is 12.2. The highest BCUT2D eigenvalue weighted by molar-refractivity contribution is 7.92. The summed E-state index contributed by atoms with van der Waals surface area (Å²) in [5.41, 5.74) is 0.418. The van der Waals surface area contributed by atoms with Crippen LogP contribution < -0.4 is 20.1 Å². The Morgan fingerprint density at radius 1 is 1.10 bits per heavy atom. The number of nitrogens with one attached hydrogen (secondary N) is 3. The van der Waals surface area contributed by atoms with Gasteiger partial charge in [-0.05, 0) is 68.0 Å². The van der Waals surface area contributed by atoms with Crippen LogP contribution in [0.25, 0.3) is 11.3 Å². The van der Waals surface area contributed by atoms with Crippen molar-refractivity contribution in [2.24, 2.45) is 5.41 Å². The highest BCUT2D eigenvalue weighted by Crippen LogP contribution is 2.34. The first-order valence-corrected chi connectivity index (χ1v) is 14.6. The first-order valence-electron chi connectivity index (χ1n) is 12.9. The molecule has 1 fully saturated rings. The minimum atomic E-state index is -3.86. The molecule has 3 aromatic rings. The Labute approximate surface area is 227 Å². The smallest absolute Gasteiger partial charge is 0.232 e. The third-order valence-corrected chi connectivity index (χ3v) is 7.55. The molecular formula is C27H34F2N6O3S. The number of sulfonamides is 1. The summed E-state index contributed by atoms with van der Waals surface area (Å²) in [5.74, 6) is -2.89. The van der Waals surface area contributed by atoms with Crippen molar-refractivity contribution < 1.29 is 21.9 Å². The molecule has 9 nitrogen and oxygen atoms in total. The number of rotatable bonds is 10. The van der Waals surface area contributed by atoms with Gasteiger partial charge in [0.15, 0.2) is 11.6 Å². The topological polar surface area (TPSA) is 118 Å². The van der Waals surface area contributed by atoms with Gasteiger partial charge in [0.2, 0.25) is 27.7 Å². The van der Waals surface area contributed by atoms with E-state index in [0.717, 1.165) is 38.1 Å². The Kier molecular flexibility index (Phi) is 8.96. The minimum absolute atomic E-state index is 0.00953. The van der Waals surface area contributed by atoms with Crippen molar-refractivity contribution in [1.29, 1.82) is 0 Å². The molecular weight excluding hydrogens is 526 g/mol. The van der Waals surface area contributed by atoms with Crippen molar-refractivity contribution in [2.75, 3.05) is 28.9 Å². The maximum atomic E-state index is 15.0. The van der Waals surface area contributed by atoms with Crippen molar-refractivity contribution >= 4 is 21.7 Å². The number of anilines is 2. The number of nitrogens with zero attached hydrogens (tertiary/aromatic N) is 3. The number of pyridine rings is 1. The molecule has 1 aliphatic heterocycles. The Morgan fingerprint density at radius 3 is 2.67 bits per heavy atom. The Balaban J connectivity index is 1.50. The third kappa shape index (κ3) is 8.06. The fourth-order valence-corrected chi connectivity index (χ4v) is 5.33. The average Bonchev–Trinajstić information content (AvgIpc) is 2.88. The summed E-state index contributed by atoms with van der Waals surface area (Å²) in [5, 5.41) is 6.64. The van der Waals surface area contributed by atoms with Gasteiger partial charge in [-0.1, -0.05) is 20.8 Å². The second-order valence-corrected chi connectivity index (χ2v) is 12.6. The van der Waals surface area contributed by atoms with Gasteiger partial charge in [0.1, 0.15) is 0 Å². The molecule has 1 aromatic carbocycles. The number of hydrogen-bond acceptors (Lipinski definition) is 8. The predicted molar refractivity (Wildman–Crippen MR) is 147 cm³/mol. The van der Waals surface area contributed by atoms with E-state index in [1.165, 1.54) is 6.20 Å². The summed E-state index contributed by atoms with van der Waals surface area (Å²) in [7, 11) is -3.86. The lowest BCUT2D eigenvalue weighted by atomic mass is 9.91. The molecule has 0 amide bonds. The van der Waals surface area contributed by atoms with E-state index >= 15 is 0 Å². The van der Waals surface area contributed by atoms with Crippen LogP contribution in [0, 0.1) is 17.0 Å². The lowest BCUT2D eigenvalue weighted by Gasteiger charge is -2.23. The average molecular weight is 561 g/mol. The highest BCUT2D eigenvalue weighted by Gasteiger charge is 2.22. The van der Waals surface area contributed by atoms with Crippen LogP contribution >= 0.6 is 0 Å². The highest BCUT2D eigenvalue weighted by atomic mass is 32.2. The van der Waals surface area contributed by atoms with E-state index in [9.17, 15) is 17.2 Å². The maximum Gasteiger partial charge on any atom is 0.232 e. The molecule has 1 atom stereocenters. The standard InChI is InChI=1S/C27H34F2N6O3S/c1-27(2,3)12-6-16-39(36,37)35-21-9-10-22(24(29)23(21)28)38-25-19(8-5-14-31-25)20-11-15-32-26(34-20)33-18-7-4-13-30-17-18/h5,8-11,14-15,18,30,35H,4,6-7,12-13,16-17H2,1-3H3,(H,32,33,34)/t18-/m0/s1. The summed E-state index contributed by atoms with van der Waals surface area (Å²) in [6.07, 6.45) is 6.17. The minimum Gasteiger partial charge on any atom is -0.435 e. The molecule has 0 spiro atoms. The van der Waals surface area contributed by atoms with E-state index in [1.54, 1.807) is 24.4 Å². The van der Waals surface area contributed by atoms with E-state index in [0.29, 0.717) is 30.0 Å². The van der Waals surface area contributed by atoms with E-state index in [4.69, 9.17) is 4.74 Å². The van der Waals surface area contributed by atoms with Gasteiger partial charge in [-0.15, -0.1) is 0 Å². The normalized spacial score (nSPS) is 16.1. The molecule has 210 valence electrons. The van der Waals surface area contributed by atoms with Crippen LogP contribution in [0.2, 0.25) is 0 Å². The Morgan fingerprint density at radius 2 is 1.92 bits per heavy atom. The van der Waals surface area contributed by atoms with Crippen LogP contribution in [0.3, 0.4) is 0 Å². The first kappa shape index (κ1) is 28.6. The molecule has 1 saturated heterocycles. The van der Waals surface area contributed by atoms with Gasteiger partial charge in [0, 0.05) is 25.0 Å². The van der Waals surface area contributed by atoms with Gasteiger partial charge >= 0.3 is 0 Å². The molecule has 0 bridgehead atoms. The van der Waals surface area contributed by atoms with E-state index in [-0.39, 0.29) is 23.1 Å². The van der Waals surface area contributed by atoms with Gasteiger partial charge in [0.05, 0.1) is 22.7 Å². The van der Waals surface area contributed by atoms with Crippen molar-refractivity contribution in [3.8, 4) is 22.9 Å².